The summed E-state index contributed by atoms with van der Waals surface area (Å²) in [7, 11) is -3.55. The Balaban J connectivity index is 2.99. The fourth-order valence-electron chi connectivity index (χ4n) is 0.811. The molecule has 6 heteroatoms. The summed E-state index contributed by atoms with van der Waals surface area (Å²) in [5, 5.41) is 4.78. The van der Waals surface area contributed by atoms with Crippen LogP contribution in [0.1, 0.15) is 5.56 Å². The smallest absolute Gasteiger partial charge is 0.248 e. The molecule has 0 aliphatic carbocycles. The van der Waals surface area contributed by atoms with Crippen molar-refractivity contribution in [3.05, 3.63) is 34.2 Å². The average molecular weight is 188 g/mol. The molecule has 1 heterocycles. The van der Waals surface area contributed by atoms with Gasteiger partial charge in [-0.15, -0.1) is 0 Å². The topological polar surface area (TPSA) is 93.0 Å². The molecule has 1 rings (SSSR count). The molecule has 0 bridgehead atoms. The number of hydrogen-bond acceptors (Lipinski definition) is 3. The lowest BCUT2D eigenvalue weighted by molar-refractivity contribution is 0.597. The number of H-pyrrole nitrogens is 1. The molecule has 5 nitrogen and oxygen atoms in total. The number of rotatable bonds is 2. The minimum absolute atomic E-state index is 0.309. The van der Waals surface area contributed by atoms with Crippen LogP contribution in [-0.4, -0.2) is 13.4 Å². The van der Waals surface area contributed by atoms with Crippen molar-refractivity contribution in [3.8, 4) is 0 Å². The van der Waals surface area contributed by atoms with E-state index < -0.39 is 10.0 Å². The van der Waals surface area contributed by atoms with E-state index >= 15 is 0 Å². The fourth-order valence-corrected chi connectivity index (χ4v) is 1.46. The van der Waals surface area contributed by atoms with Gasteiger partial charge in [0.05, 0.1) is 5.75 Å². The highest BCUT2D eigenvalue weighted by Crippen LogP contribution is 1.97. The molecular weight excluding hydrogens is 180 g/mol. The maximum Gasteiger partial charge on any atom is 0.248 e. The molecule has 1 aromatic heterocycles. The molecule has 0 aliphatic heterocycles. The Labute approximate surface area is 69.3 Å². The van der Waals surface area contributed by atoms with E-state index in [9.17, 15) is 13.2 Å². The summed E-state index contributed by atoms with van der Waals surface area (Å²) in [6.07, 6.45) is 1.38. The quantitative estimate of drug-likeness (QED) is 0.634. The van der Waals surface area contributed by atoms with Gasteiger partial charge in [0.2, 0.25) is 15.6 Å². The van der Waals surface area contributed by atoms with Crippen LogP contribution >= 0.6 is 0 Å². The van der Waals surface area contributed by atoms with Crippen LogP contribution in [0, 0.1) is 0 Å². The number of aromatic nitrogens is 1. The van der Waals surface area contributed by atoms with Crippen LogP contribution in [0.15, 0.2) is 23.1 Å². The molecule has 0 aromatic carbocycles. The van der Waals surface area contributed by atoms with Crippen LogP contribution < -0.4 is 10.7 Å². The van der Waals surface area contributed by atoms with E-state index in [1.165, 1.54) is 18.3 Å². The normalized spacial score (nSPS) is 11.4. The van der Waals surface area contributed by atoms with Gasteiger partial charge >= 0.3 is 0 Å². The zero-order valence-electron chi connectivity index (χ0n) is 6.15. The van der Waals surface area contributed by atoms with Crippen LogP contribution in [0.4, 0.5) is 0 Å². The second kappa shape index (κ2) is 3.08. The van der Waals surface area contributed by atoms with Gasteiger partial charge in [0.15, 0.2) is 0 Å². The van der Waals surface area contributed by atoms with Gasteiger partial charge in [-0.2, -0.15) is 0 Å². The van der Waals surface area contributed by atoms with Gasteiger partial charge in [0.1, 0.15) is 0 Å². The zero-order valence-corrected chi connectivity index (χ0v) is 6.97. The summed E-state index contributed by atoms with van der Waals surface area (Å²) < 4.78 is 21.2. The lowest BCUT2D eigenvalue weighted by Crippen LogP contribution is -2.16. The number of sulfonamides is 1. The van der Waals surface area contributed by atoms with Gasteiger partial charge in [-0.05, 0) is 11.6 Å². The first-order valence-corrected chi connectivity index (χ1v) is 4.87. The van der Waals surface area contributed by atoms with Gasteiger partial charge in [-0.1, -0.05) is 0 Å². The summed E-state index contributed by atoms with van der Waals surface area (Å²) in [6, 6.07) is 2.69. The number of hydrogen-bond donors (Lipinski definition) is 2. The Morgan fingerprint density at radius 2 is 2.17 bits per heavy atom. The summed E-state index contributed by atoms with van der Waals surface area (Å²) in [5.74, 6) is -0.309. The van der Waals surface area contributed by atoms with Crippen LogP contribution in [0.3, 0.4) is 0 Å². The lowest BCUT2D eigenvalue weighted by atomic mass is 10.3. The molecule has 0 spiro atoms. The first-order valence-electron chi connectivity index (χ1n) is 3.15. The van der Waals surface area contributed by atoms with Gasteiger partial charge in [-0.3, -0.25) is 4.79 Å². The third-order valence-electron chi connectivity index (χ3n) is 1.21. The highest BCUT2D eigenvalue weighted by molar-refractivity contribution is 7.88. The van der Waals surface area contributed by atoms with Crippen molar-refractivity contribution in [3.63, 3.8) is 0 Å². The minimum atomic E-state index is -3.55. The van der Waals surface area contributed by atoms with Crippen molar-refractivity contribution in [2.24, 2.45) is 5.14 Å². The summed E-state index contributed by atoms with van der Waals surface area (Å²) in [6.45, 7) is 0. The Hall–Kier alpha value is -1.14. The number of primary sulfonamides is 1. The van der Waals surface area contributed by atoms with Crippen LogP contribution in [-0.2, 0) is 15.8 Å². The van der Waals surface area contributed by atoms with E-state index in [2.05, 4.69) is 4.98 Å². The Morgan fingerprint density at radius 3 is 2.67 bits per heavy atom. The molecule has 3 N–H and O–H groups in total. The molecule has 0 atom stereocenters. The van der Waals surface area contributed by atoms with E-state index in [0.717, 1.165) is 0 Å². The van der Waals surface area contributed by atoms with E-state index in [0.29, 0.717) is 5.56 Å². The Bertz CT molecular complexity index is 420. The molecular formula is C6H8N2O3S. The third kappa shape index (κ3) is 2.85. The van der Waals surface area contributed by atoms with Gasteiger partial charge < -0.3 is 4.98 Å². The first kappa shape index (κ1) is 8.95. The Kier molecular flexibility index (Phi) is 2.30. The molecule has 0 saturated heterocycles. The second-order valence-corrected chi connectivity index (χ2v) is 3.98. The molecule has 1 aromatic rings. The minimum Gasteiger partial charge on any atom is -0.329 e. The molecule has 66 valence electrons. The highest BCUT2D eigenvalue weighted by Gasteiger charge is 2.04. The van der Waals surface area contributed by atoms with Crippen molar-refractivity contribution >= 4 is 10.0 Å². The maximum atomic E-state index is 10.7. The third-order valence-corrected chi connectivity index (χ3v) is 1.94. The predicted molar refractivity (Wildman–Crippen MR) is 43.9 cm³/mol. The average Bonchev–Trinajstić information content (AvgIpc) is 1.82. The molecule has 0 saturated carbocycles. The summed E-state index contributed by atoms with van der Waals surface area (Å²) >= 11 is 0. The molecule has 0 amide bonds. The second-order valence-electron chi connectivity index (χ2n) is 2.37. The summed E-state index contributed by atoms with van der Waals surface area (Å²) in [4.78, 5) is 13.1. The maximum absolute atomic E-state index is 10.7. The van der Waals surface area contributed by atoms with E-state index in [1.54, 1.807) is 0 Å². The monoisotopic (exact) mass is 188 g/mol. The van der Waals surface area contributed by atoms with Crippen molar-refractivity contribution in [1.82, 2.24) is 4.98 Å². The fraction of sp³-hybridized carbons (Fsp3) is 0.167. The number of nitrogens with two attached hydrogens (primary N) is 1. The lowest BCUT2D eigenvalue weighted by Gasteiger charge is -1.96. The van der Waals surface area contributed by atoms with Crippen molar-refractivity contribution in [2.45, 2.75) is 5.75 Å². The number of aromatic amines is 1. The van der Waals surface area contributed by atoms with Crippen LogP contribution in [0.5, 0.6) is 0 Å². The van der Waals surface area contributed by atoms with E-state index in [-0.39, 0.29) is 11.3 Å². The molecule has 0 aliphatic rings. The van der Waals surface area contributed by atoms with E-state index in [4.69, 9.17) is 5.14 Å². The highest BCUT2D eigenvalue weighted by atomic mass is 32.2. The van der Waals surface area contributed by atoms with E-state index in [1.807, 2.05) is 0 Å². The van der Waals surface area contributed by atoms with Crippen LogP contribution in [0.2, 0.25) is 0 Å². The van der Waals surface area contributed by atoms with Crippen molar-refractivity contribution in [2.75, 3.05) is 0 Å². The number of pyridine rings is 1. The largest absolute Gasteiger partial charge is 0.329 e. The molecule has 0 fully saturated rings. The summed E-state index contributed by atoms with van der Waals surface area (Å²) in [5.41, 5.74) is 0.0531. The van der Waals surface area contributed by atoms with Crippen molar-refractivity contribution < 1.29 is 8.42 Å². The van der Waals surface area contributed by atoms with Crippen molar-refractivity contribution in [1.29, 1.82) is 0 Å². The molecule has 12 heavy (non-hydrogen) atoms. The van der Waals surface area contributed by atoms with Gasteiger partial charge in [-0.25, -0.2) is 13.6 Å². The van der Waals surface area contributed by atoms with Crippen LogP contribution in [0.25, 0.3) is 0 Å². The number of nitrogens with one attached hydrogen (secondary N) is 1. The first-order chi connectivity index (χ1) is 5.47. The Morgan fingerprint density at radius 1 is 1.50 bits per heavy atom. The molecule has 0 radical (unpaired) electrons. The zero-order chi connectivity index (χ0) is 9.19. The predicted octanol–water partition coefficient (Wildman–Crippen LogP) is -0.837. The van der Waals surface area contributed by atoms with Gasteiger partial charge in [0, 0.05) is 12.3 Å². The SMILES string of the molecule is NS(=O)(=O)Cc1cc[nH]c(=O)c1. The standard InChI is InChI=1S/C6H8N2O3S/c7-12(10,11)4-5-1-2-8-6(9)3-5/h1-3H,4H2,(H,8,9)(H2,7,10,11). The molecule has 0 unspecified atom stereocenters. The van der Waals surface area contributed by atoms with Gasteiger partial charge in [0.25, 0.3) is 0 Å².